The number of aromatic nitrogens is 2. The first-order chi connectivity index (χ1) is 10.1. The van der Waals surface area contributed by atoms with Crippen LogP contribution in [0.4, 0.5) is 0 Å². The van der Waals surface area contributed by atoms with Crippen LogP contribution in [0.1, 0.15) is 31.1 Å². The van der Waals surface area contributed by atoms with Gasteiger partial charge in [0.2, 0.25) is 0 Å². The molecule has 114 valence electrons. The Morgan fingerprint density at radius 1 is 1.29 bits per heavy atom. The maximum Gasteiger partial charge on any atom is 0.0641 e. The van der Waals surface area contributed by atoms with Gasteiger partial charge >= 0.3 is 0 Å². The van der Waals surface area contributed by atoms with Gasteiger partial charge in [-0.15, -0.1) is 11.8 Å². The molecule has 0 amide bonds. The minimum absolute atomic E-state index is 0.213. The number of thioether (sulfide) groups is 1. The topological polar surface area (TPSA) is 55.9 Å². The molecule has 0 bridgehead atoms. The number of hydrazine groups is 1. The van der Waals surface area contributed by atoms with Crippen LogP contribution in [-0.2, 0) is 6.42 Å². The van der Waals surface area contributed by atoms with Gasteiger partial charge in [0.25, 0.3) is 0 Å². The predicted octanol–water partition coefficient (Wildman–Crippen LogP) is 2.94. The van der Waals surface area contributed by atoms with Crippen LogP contribution < -0.4 is 11.3 Å². The first-order valence-corrected chi connectivity index (χ1v) is 8.27. The Labute approximate surface area is 131 Å². The van der Waals surface area contributed by atoms with Crippen LogP contribution in [0.2, 0.25) is 0 Å². The SMILES string of the molecule is Cc1ccccc1SCC(Cc1ccn(C(C)C)n1)NN. The maximum absolute atomic E-state index is 5.69. The van der Waals surface area contributed by atoms with E-state index < -0.39 is 0 Å². The molecule has 0 aliphatic rings. The number of benzene rings is 1. The summed E-state index contributed by atoms with van der Waals surface area (Å²) in [5.74, 6) is 6.62. The lowest BCUT2D eigenvalue weighted by atomic mass is 10.2. The van der Waals surface area contributed by atoms with Gasteiger partial charge in [0.15, 0.2) is 0 Å². The number of rotatable bonds is 7. The Bertz CT molecular complexity index is 565. The summed E-state index contributed by atoms with van der Waals surface area (Å²) >= 11 is 1.83. The van der Waals surface area contributed by atoms with E-state index in [4.69, 9.17) is 5.84 Å². The molecule has 1 heterocycles. The molecule has 1 unspecified atom stereocenters. The number of aryl methyl sites for hydroxylation is 1. The van der Waals surface area contributed by atoms with Gasteiger partial charge < -0.3 is 0 Å². The second kappa shape index (κ2) is 7.64. The van der Waals surface area contributed by atoms with E-state index in [2.05, 4.69) is 61.6 Å². The second-order valence-corrected chi connectivity index (χ2v) is 6.59. The zero-order valence-electron chi connectivity index (χ0n) is 12.9. The van der Waals surface area contributed by atoms with E-state index >= 15 is 0 Å². The van der Waals surface area contributed by atoms with Crippen molar-refractivity contribution in [2.45, 2.75) is 44.2 Å². The van der Waals surface area contributed by atoms with Gasteiger partial charge in [-0.05, 0) is 38.5 Å². The molecular formula is C16H24N4S. The molecular weight excluding hydrogens is 280 g/mol. The highest BCUT2D eigenvalue weighted by Crippen LogP contribution is 2.23. The van der Waals surface area contributed by atoms with E-state index in [0.717, 1.165) is 17.9 Å². The maximum atomic E-state index is 5.69. The van der Waals surface area contributed by atoms with Crippen LogP contribution in [0.3, 0.4) is 0 Å². The molecule has 4 nitrogen and oxygen atoms in total. The molecule has 0 spiro atoms. The molecule has 2 rings (SSSR count). The van der Waals surface area contributed by atoms with Crippen LogP contribution in [0.5, 0.6) is 0 Å². The quantitative estimate of drug-likeness (QED) is 0.469. The lowest BCUT2D eigenvalue weighted by Gasteiger charge is -2.15. The number of nitrogens with two attached hydrogens (primary N) is 1. The van der Waals surface area contributed by atoms with Gasteiger partial charge in [-0.1, -0.05) is 18.2 Å². The first kappa shape index (κ1) is 16.1. The van der Waals surface area contributed by atoms with Gasteiger partial charge in [-0.3, -0.25) is 16.0 Å². The summed E-state index contributed by atoms with van der Waals surface area (Å²) in [4.78, 5) is 1.31. The summed E-state index contributed by atoms with van der Waals surface area (Å²) in [5, 5.41) is 4.58. The molecule has 3 N–H and O–H groups in total. The van der Waals surface area contributed by atoms with Crippen molar-refractivity contribution in [3.05, 3.63) is 47.8 Å². The molecule has 0 aliphatic heterocycles. The molecule has 0 aliphatic carbocycles. The summed E-state index contributed by atoms with van der Waals surface area (Å²) in [6.45, 7) is 6.39. The van der Waals surface area contributed by atoms with Gasteiger partial charge in [0, 0.05) is 35.3 Å². The zero-order valence-corrected chi connectivity index (χ0v) is 13.7. The molecule has 1 aromatic carbocycles. The number of nitrogens with one attached hydrogen (secondary N) is 1. The molecule has 0 saturated heterocycles. The smallest absolute Gasteiger partial charge is 0.0641 e. The lowest BCUT2D eigenvalue weighted by molar-refractivity contribution is 0.513. The molecule has 1 atom stereocenters. The molecule has 0 saturated carbocycles. The van der Waals surface area contributed by atoms with Crippen LogP contribution in [0.25, 0.3) is 0 Å². The second-order valence-electron chi connectivity index (χ2n) is 5.53. The Kier molecular flexibility index (Phi) is 5.85. The summed E-state index contributed by atoms with van der Waals surface area (Å²) in [5.41, 5.74) is 5.30. The van der Waals surface area contributed by atoms with Gasteiger partial charge in [-0.2, -0.15) is 5.10 Å². The van der Waals surface area contributed by atoms with Crippen molar-refractivity contribution in [2.75, 3.05) is 5.75 Å². The Morgan fingerprint density at radius 2 is 2.05 bits per heavy atom. The van der Waals surface area contributed by atoms with Crippen molar-refractivity contribution in [2.24, 2.45) is 5.84 Å². The van der Waals surface area contributed by atoms with Gasteiger partial charge in [0.05, 0.1) is 5.69 Å². The first-order valence-electron chi connectivity index (χ1n) is 7.28. The molecule has 5 heteroatoms. The van der Waals surface area contributed by atoms with E-state index in [1.165, 1.54) is 10.5 Å². The van der Waals surface area contributed by atoms with Crippen molar-refractivity contribution in [3.63, 3.8) is 0 Å². The Hall–Kier alpha value is -1.30. The summed E-state index contributed by atoms with van der Waals surface area (Å²) in [6, 6.07) is 11.1. The third-order valence-corrected chi connectivity index (χ3v) is 4.76. The number of nitrogens with zero attached hydrogens (tertiary/aromatic N) is 2. The molecule has 0 fully saturated rings. The molecule has 0 radical (unpaired) electrons. The number of hydrogen-bond acceptors (Lipinski definition) is 4. The molecule has 21 heavy (non-hydrogen) atoms. The fourth-order valence-corrected chi connectivity index (χ4v) is 3.17. The van der Waals surface area contributed by atoms with Crippen LogP contribution >= 0.6 is 11.8 Å². The number of hydrogen-bond donors (Lipinski definition) is 2. The van der Waals surface area contributed by atoms with Crippen molar-refractivity contribution in [3.8, 4) is 0 Å². The van der Waals surface area contributed by atoms with Gasteiger partial charge in [0.1, 0.15) is 0 Å². The average molecular weight is 304 g/mol. The van der Waals surface area contributed by atoms with E-state index in [9.17, 15) is 0 Å². The van der Waals surface area contributed by atoms with E-state index in [-0.39, 0.29) is 6.04 Å². The predicted molar refractivity (Wildman–Crippen MR) is 89.3 cm³/mol. The van der Waals surface area contributed by atoms with Crippen LogP contribution in [0, 0.1) is 6.92 Å². The Balaban J connectivity index is 1.92. The highest BCUT2D eigenvalue weighted by molar-refractivity contribution is 7.99. The monoisotopic (exact) mass is 304 g/mol. The highest BCUT2D eigenvalue weighted by Gasteiger charge is 2.12. The van der Waals surface area contributed by atoms with Gasteiger partial charge in [-0.25, -0.2) is 0 Å². The zero-order chi connectivity index (χ0) is 15.2. The van der Waals surface area contributed by atoms with Crippen molar-refractivity contribution in [1.82, 2.24) is 15.2 Å². The fraction of sp³-hybridized carbons (Fsp3) is 0.438. The summed E-state index contributed by atoms with van der Waals surface area (Å²) in [7, 11) is 0. The normalized spacial score (nSPS) is 12.8. The van der Waals surface area contributed by atoms with Crippen LogP contribution in [-0.4, -0.2) is 21.6 Å². The van der Waals surface area contributed by atoms with Crippen molar-refractivity contribution >= 4 is 11.8 Å². The van der Waals surface area contributed by atoms with E-state index in [1.54, 1.807) is 0 Å². The largest absolute Gasteiger partial charge is 0.271 e. The summed E-state index contributed by atoms with van der Waals surface area (Å²) in [6.07, 6.45) is 2.87. The van der Waals surface area contributed by atoms with E-state index in [0.29, 0.717) is 6.04 Å². The third kappa shape index (κ3) is 4.59. The summed E-state index contributed by atoms with van der Waals surface area (Å²) < 4.78 is 1.98. The lowest BCUT2D eigenvalue weighted by Crippen LogP contribution is -2.38. The van der Waals surface area contributed by atoms with Crippen LogP contribution in [0.15, 0.2) is 41.4 Å². The van der Waals surface area contributed by atoms with E-state index in [1.807, 2.05) is 22.6 Å². The Morgan fingerprint density at radius 3 is 2.67 bits per heavy atom. The van der Waals surface area contributed by atoms with Crippen molar-refractivity contribution in [1.29, 1.82) is 0 Å². The fourth-order valence-electron chi connectivity index (χ4n) is 2.10. The minimum atomic E-state index is 0.213. The van der Waals surface area contributed by atoms with Crippen molar-refractivity contribution < 1.29 is 0 Å². The third-order valence-electron chi connectivity index (χ3n) is 3.42. The average Bonchev–Trinajstić information content (AvgIpc) is 2.93. The highest BCUT2D eigenvalue weighted by atomic mass is 32.2. The standard InChI is InChI=1S/C16H24N4S/c1-12(2)20-9-8-14(19-20)10-15(18-17)11-21-16-7-5-4-6-13(16)3/h4-9,12,15,18H,10-11,17H2,1-3H3. The molecule has 1 aromatic heterocycles. The molecule has 2 aromatic rings. The minimum Gasteiger partial charge on any atom is -0.271 e.